The maximum atomic E-state index is 12.9. The van der Waals surface area contributed by atoms with Crippen LogP contribution in [0.3, 0.4) is 0 Å². The van der Waals surface area contributed by atoms with E-state index in [1.807, 2.05) is 4.90 Å². The molecule has 0 N–H and O–H groups in total. The first-order chi connectivity index (χ1) is 11.2. The van der Waals surface area contributed by atoms with Gasteiger partial charge in [-0.2, -0.15) is 0 Å². The molecule has 4 heteroatoms. The number of piperazine rings is 1. The molecule has 0 spiro atoms. The lowest BCUT2D eigenvalue weighted by Crippen LogP contribution is -2.64. The van der Waals surface area contributed by atoms with E-state index >= 15 is 0 Å². The SMILES string of the molecule is O=C(C1CCCCC1)N1CC(=O)N2CCC3CCCCC3C2C1. The third-order valence-electron chi connectivity index (χ3n) is 6.92. The van der Waals surface area contributed by atoms with Gasteiger partial charge in [-0.25, -0.2) is 0 Å². The molecule has 0 bridgehead atoms. The van der Waals surface area contributed by atoms with Crippen molar-refractivity contribution in [2.24, 2.45) is 17.8 Å². The highest BCUT2D eigenvalue weighted by molar-refractivity contribution is 5.87. The average Bonchev–Trinajstić information content (AvgIpc) is 2.61. The van der Waals surface area contributed by atoms with Gasteiger partial charge in [0.15, 0.2) is 0 Å². The molecule has 4 nitrogen and oxygen atoms in total. The highest BCUT2D eigenvalue weighted by atomic mass is 16.2. The molecule has 2 aliphatic heterocycles. The maximum Gasteiger partial charge on any atom is 0.242 e. The molecule has 2 amide bonds. The molecule has 2 aliphatic carbocycles. The lowest BCUT2D eigenvalue weighted by Gasteiger charge is -2.52. The Bertz CT molecular complexity index is 472. The van der Waals surface area contributed by atoms with Gasteiger partial charge in [0.25, 0.3) is 0 Å². The number of carbonyl (C=O) groups is 2. The highest BCUT2D eigenvalue weighted by Crippen LogP contribution is 2.41. The van der Waals surface area contributed by atoms with E-state index in [0.29, 0.717) is 18.5 Å². The summed E-state index contributed by atoms with van der Waals surface area (Å²) >= 11 is 0. The second-order valence-electron chi connectivity index (χ2n) is 8.21. The van der Waals surface area contributed by atoms with Crippen LogP contribution in [0, 0.1) is 17.8 Å². The predicted octanol–water partition coefficient (Wildman–Crippen LogP) is 2.82. The van der Waals surface area contributed by atoms with E-state index in [-0.39, 0.29) is 17.7 Å². The zero-order valence-electron chi connectivity index (χ0n) is 14.2. The Morgan fingerprint density at radius 2 is 1.65 bits per heavy atom. The molecule has 3 unspecified atom stereocenters. The Labute approximate surface area is 139 Å². The molecular weight excluding hydrogens is 288 g/mol. The number of amides is 2. The quantitative estimate of drug-likeness (QED) is 0.746. The van der Waals surface area contributed by atoms with Crippen LogP contribution in [0.25, 0.3) is 0 Å². The standard InChI is InChI=1S/C19H30N2O2/c22-18-13-20(19(23)15-7-2-1-3-8-15)12-17-16-9-5-4-6-14(16)10-11-21(17)18/h14-17H,1-13H2. The van der Waals surface area contributed by atoms with E-state index in [2.05, 4.69) is 4.90 Å². The number of fused-ring (bicyclic) bond motifs is 3. The Kier molecular flexibility index (Phi) is 4.33. The van der Waals surface area contributed by atoms with E-state index in [1.54, 1.807) is 0 Å². The third-order valence-corrected chi connectivity index (χ3v) is 6.92. The Hall–Kier alpha value is -1.06. The zero-order chi connectivity index (χ0) is 15.8. The number of hydrogen-bond donors (Lipinski definition) is 0. The molecule has 0 aromatic heterocycles. The van der Waals surface area contributed by atoms with E-state index in [4.69, 9.17) is 0 Å². The van der Waals surface area contributed by atoms with Crippen molar-refractivity contribution in [3.8, 4) is 0 Å². The van der Waals surface area contributed by atoms with Crippen LogP contribution in [0.2, 0.25) is 0 Å². The van der Waals surface area contributed by atoms with Crippen molar-refractivity contribution in [2.75, 3.05) is 19.6 Å². The summed E-state index contributed by atoms with van der Waals surface area (Å²) in [6, 6.07) is 0.308. The smallest absolute Gasteiger partial charge is 0.242 e. The van der Waals surface area contributed by atoms with E-state index in [9.17, 15) is 9.59 Å². The Morgan fingerprint density at radius 1 is 0.913 bits per heavy atom. The van der Waals surface area contributed by atoms with Gasteiger partial charge in [0.1, 0.15) is 0 Å². The lowest BCUT2D eigenvalue weighted by molar-refractivity contribution is -0.157. The third kappa shape index (κ3) is 2.89. The molecule has 23 heavy (non-hydrogen) atoms. The molecule has 4 aliphatic rings. The molecule has 0 aromatic carbocycles. The van der Waals surface area contributed by atoms with Gasteiger partial charge in [-0.05, 0) is 37.5 Å². The van der Waals surface area contributed by atoms with Crippen LogP contribution in [-0.2, 0) is 9.59 Å². The minimum Gasteiger partial charge on any atom is -0.336 e. The molecule has 0 radical (unpaired) electrons. The number of nitrogens with zero attached hydrogens (tertiary/aromatic N) is 2. The van der Waals surface area contributed by atoms with Crippen molar-refractivity contribution in [1.82, 2.24) is 9.80 Å². The molecule has 2 saturated heterocycles. The van der Waals surface area contributed by atoms with Gasteiger partial charge in [-0.15, -0.1) is 0 Å². The fraction of sp³-hybridized carbons (Fsp3) is 0.895. The summed E-state index contributed by atoms with van der Waals surface area (Å²) in [5, 5.41) is 0. The molecular formula is C19H30N2O2. The first-order valence-corrected chi connectivity index (χ1v) is 9.82. The topological polar surface area (TPSA) is 40.6 Å². The second-order valence-corrected chi connectivity index (χ2v) is 8.21. The van der Waals surface area contributed by atoms with Crippen molar-refractivity contribution < 1.29 is 9.59 Å². The largest absolute Gasteiger partial charge is 0.336 e. The average molecular weight is 318 g/mol. The molecule has 0 aromatic rings. The molecule has 3 atom stereocenters. The monoisotopic (exact) mass is 318 g/mol. The van der Waals surface area contributed by atoms with Crippen LogP contribution in [0.1, 0.15) is 64.2 Å². The van der Waals surface area contributed by atoms with Crippen molar-refractivity contribution in [1.29, 1.82) is 0 Å². The van der Waals surface area contributed by atoms with Crippen LogP contribution in [0.5, 0.6) is 0 Å². The first-order valence-electron chi connectivity index (χ1n) is 9.82. The fourth-order valence-electron chi connectivity index (χ4n) is 5.67. The van der Waals surface area contributed by atoms with Crippen LogP contribution < -0.4 is 0 Å². The van der Waals surface area contributed by atoms with Gasteiger partial charge in [0.2, 0.25) is 11.8 Å². The normalized spacial score (nSPS) is 35.7. The molecule has 128 valence electrons. The van der Waals surface area contributed by atoms with E-state index < -0.39 is 0 Å². The van der Waals surface area contributed by atoms with Gasteiger partial charge < -0.3 is 9.80 Å². The zero-order valence-corrected chi connectivity index (χ0v) is 14.2. The van der Waals surface area contributed by atoms with Crippen LogP contribution in [0.15, 0.2) is 0 Å². The molecule has 2 saturated carbocycles. The summed E-state index contributed by atoms with van der Waals surface area (Å²) in [5.74, 6) is 2.10. The van der Waals surface area contributed by atoms with Crippen molar-refractivity contribution in [3.63, 3.8) is 0 Å². The van der Waals surface area contributed by atoms with E-state index in [1.165, 1.54) is 51.4 Å². The van der Waals surface area contributed by atoms with Crippen LogP contribution in [-0.4, -0.2) is 47.3 Å². The Morgan fingerprint density at radius 3 is 2.48 bits per heavy atom. The summed E-state index contributed by atoms with van der Waals surface area (Å²) in [4.78, 5) is 29.6. The number of carbonyl (C=O) groups excluding carboxylic acids is 2. The molecule has 2 heterocycles. The van der Waals surface area contributed by atoms with Gasteiger partial charge in [-0.3, -0.25) is 9.59 Å². The van der Waals surface area contributed by atoms with Crippen LogP contribution in [0.4, 0.5) is 0 Å². The predicted molar refractivity (Wildman–Crippen MR) is 88.7 cm³/mol. The lowest BCUT2D eigenvalue weighted by atomic mass is 9.70. The van der Waals surface area contributed by atoms with Crippen molar-refractivity contribution in [3.05, 3.63) is 0 Å². The minimum absolute atomic E-state index is 0.189. The van der Waals surface area contributed by atoms with Crippen molar-refractivity contribution in [2.45, 2.75) is 70.3 Å². The fourth-order valence-corrected chi connectivity index (χ4v) is 5.67. The molecule has 4 fully saturated rings. The molecule has 4 rings (SSSR count). The van der Waals surface area contributed by atoms with Gasteiger partial charge >= 0.3 is 0 Å². The van der Waals surface area contributed by atoms with Crippen LogP contribution >= 0.6 is 0 Å². The first kappa shape index (κ1) is 15.5. The Balaban J connectivity index is 1.48. The van der Waals surface area contributed by atoms with Gasteiger partial charge in [-0.1, -0.05) is 38.5 Å². The number of rotatable bonds is 1. The minimum atomic E-state index is 0.189. The van der Waals surface area contributed by atoms with Crippen molar-refractivity contribution >= 4 is 11.8 Å². The summed E-state index contributed by atoms with van der Waals surface area (Å²) < 4.78 is 0. The number of piperidine rings is 1. The van der Waals surface area contributed by atoms with E-state index in [0.717, 1.165) is 31.8 Å². The van der Waals surface area contributed by atoms with Gasteiger partial charge in [0, 0.05) is 19.0 Å². The second kappa shape index (κ2) is 6.45. The summed E-state index contributed by atoms with van der Waals surface area (Å²) in [7, 11) is 0. The number of hydrogen-bond acceptors (Lipinski definition) is 2. The summed E-state index contributed by atoms with van der Waals surface area (Å²) in [6.45, 7) is 2.07. The summed E-state index contributed by atoms with van der Waals surface area (Å²) in [5.41, 5.74) is 0. The van der Waals surface area contributed by atoms with Gasteiger partial charge in [0.05, 0.1) is 12.6 Å². The maximum absolute atomic E-state index is 12.9. The summed E-state index contributed by atoms with van der Waals surface area (Å²) in [6.07, 6.45) is 12.1. The highest BCUT2D eigenvalue weighted by Gasteiger charge is 2.45.